The number of fused-ring (bicyclic) bond motifs is 1. The van der Waals surface area contributed by atoms with Crippen LogP contribution in [-0.2, 0) is 0 Å². The predicted octanol–water partition coefficient (Wildman–Crippen LogP) is 5.59. The molecular formula is C22H19ClFN5O. The van der Waals surface area contributed by atoms with Crippen LogP contribution in [0, 0.1) is 5.82 Å². The van der Waals surface area contributed by atoms with Crippen molar-refractivity contribution < 1.29 is 9.13 Å². The van der Waals surface area contributed by atoms with Crippen LogP contribution >= 0.6 is 11.6 Å². The summed E-state index contributed by atoms with van der Waals surface area (Å²) in [4.78, 5) is 20.7. The molecule has 1 fully saturated rings. The molecule has 0 unspecified atom stereocenters. The summed E-state index contributed by atoms with van der Waals surface area (Å²) in [6.07, 6.45) is 11.2. The zero-order valence-electron chi connectivity index (χ0n) is 16.1. The standard InChI is InChI=1S/C22H19ClFN5O/c23-16-8-19-20(9-17(16)24)29-21(28-19)13-6-7-18(25-10-13)14-11-26-22(27-12-14)30-15-4-2-1-3-5-15/h6-12,15H,1-5H2,(H,28,29). The van der Waals surface area contributed by atoms with Crippen LogP contribution in [0.15, 0.2) is 42.9 Å². The molecule has 8 heteroatoms. The fourth-order valence-corrected chi connectivity index (χ4v) is 3.85. The van der Waals surface area contributed by atoms with Crippen molar-refractivity contribution in [3.63, 3.8) is 0 Å². The van der Waals surface area contributed by atoms with Crippen molar-refractivity contribution in [2.45, 2.75) is 38.2 Å². The van der Waals surface area contributed by atoms with Gasteiger partial charge in [-0.15, -0.1) is 0 Å². The van der Waals surface area contributed by atoms with E-state index in [1.165, 1.54) is 31.4 Å². The molecule has 0 saturated heterocycles. The molecule has 5 rings (SSSR count). The van der Waals surface area contributed by atoms with Crippen molar-refractivity contribution in [1.82, 2.24) is 24.9 Å². The van der Waals surface area contributed by atoms with Crippen molar-refractivity contribution in [2.75, 3.05) is 0 Å². The molecule has 0 aliphatic heterocycles. The van der Waals surface area contributed by atoms with E-state index in [1.807, 2.05) is 12.1 Å². The molecule has 0 radical (unpaired) electrons. The van der Waals surface area contributed by atoms with Crippen LogP contribution in [0.25, 0.3) is 33.7 Å². The van der Waals surface area contributed by atoms with Crippen LogP contribution in [0.5, 0.6) is 6.01 Å². The van der Waals surface area contributed by atoms with Crippen LogP contribution in [0.1, 0.15) is 32.1 Å². The van der Waals surface area contributed by atoms with Gasteiger partial charge < -0.3 is 9.72 Å². The van der Waals surface area contributed by atoms with Gasteiger partial charge in [0.25, 0.3) is 0 Å². The summed E-state index contributed by atoms with van der Waals surface area (Å²) in [6.45, 7) is 0. The van der Waals surface area contributed by atoms with Crippen LogP contribution in [0.4, 0.5) is 4.39 Å². The van der Waals surface area contributed by atoms with E-state index in [0.717, 1.165) is 29.7 Å². The molecule has 1 aliphatic carbocycles. The number of rotatable bonds is 4. The molecular weight excluding hydrogens is 405 g/mol. The monoisotopic (exact) mass is 423 g/mol. The van der Waals surface area contributed by atoms with Gasteiger partial charge in [0, 0.05) is 35.8 Å². The summed E-state index contributed by atoms with van der Waals surface area (Å²) in [5.41, 5.74) is 3.51. The van der Waals surface area contributed by atoms with E-state index in [9.17, 15) is 4.39 Å². The maximum absolute atomic E-state index is 13.6. The van der Waals surface area contributed by atoms with Crippen molar-refractivity contribution >= 4 is 22.6 Å². The Labute approximate surface area is 177 Å². The third-order valence-corrected chi connectivity index (χ3v) is 5.60. The van der Waals surface area contributed by atoms with Gasteiger partial charge >= 0.3 is 6.01 Å². The number of halogens is 2. The van der Waals surface area contributed by atoms with E-state index >= 15 is 0 Å². The Morgan fingerprint density at radius 1 is 0.967 bits per heavy atom. The Morgan fingerprint density at radius 2 is 1.73 bits per heavy atom. The van der Waals surface area contributed by atoms with Gasteiger partial charge in [-0.3, -0.25) is 4.98 Å². The number of ether oxygens (including phenoxy) is 1. The topological polar surface area (TPSA) is 76.6 Å². The molecule has 30 heavy (non-hydrogen) atoms. The number of benzene rings is 1. The Bertz CT molecular complexity index is 1130. The fraction of sp³-hybridized carbons (Fsp3) is 0.273. The largest absolute Gasteiger partial charge is 0.460 e. The number of imidazole rings is 1. The zero-order valence-corrected chi connectivity index (χ0v) is 16.9. The quantitative estimate of drug-likeness (QED) is 0.463. The second-order valence-corrected chi connectivity index (χ2v) is 7.84. The van der Waals surface area contributed by atoms with Gasteiger partial charge in [0.15, 0.2) is 0 Å². The first-order valence-corrected chi connectivity index (χ1v) is 10.3. The van der Waals surface area contributed by atoms with Crippen LogP contribution in [0.3, 0.4) is 0 Å². The van der Waals surface area contributed by atoms with Gasteiger partial charge in [-0.2, -0.15) is 0 Å². The van der Waals surface area contributed by atoms with E-state index in [2.05, 4.69) is 24.9 Å². The van der Waals surface area contributed by atoms with Crippen LogP contribution < -0.4 is 4.74 Å². The molecule has 3 heterocycles. The van der Waals surface area contributed by atoms with E-state index < -0.39 is 5.82 Å². The van der Waals surface area contributed by atoms with E-state index in [-0.39, 0.29) is 11.1 Å². The number of hydrogen-bond acceptors (Lipinski definition) is 5. The summed E-state index contributed by atoms with van der Waals surface area (Å²) in [5, 5.41) is 0.0462. The fourth-order valence-electron chi connectivity index (χ4n) is 3.69. The first-order chi connectivity index (χ1) is 14.7. The van der Waals surface area contributed by atoms with Crippen molar-refractivity contribution in [2.24, 2.45) is 0 Å². The first kappa shape index (κ1) is 18.9. The van der Waals surface area contributed by atoms with Crippen molar-refractivity contribution in [3.05, 3.63) is 53.7 Å². The third-order valence-electron chi connectivity index (χ3n) is 5.31. The summed E-state index contributed by atoms with van der Waals surface area (Å²) in [7, 11) is 0. The minimum absolute atomic E-state index is 0.0462. The number of aromatic amines is 1. The van der Waals surface area contributed by atoms with Crippen LogP contribution in [-0.4, -0.2) is 31.0 Å². The van der Waals surface area contributed by atoms with Gasteiger partial charge in [0.1, 0.15) is 17.7 Å². The Morgan fingerprint density at radius 3 is 2.47 bits per heavy atom. The van der Waals surface area contributed by atoms with Gasteiger partial charge in [-0.05, 0) is 43.9 Å². The molecule has 0 amide bonds. The van der Waals surface area contributed by atoms with Gasteiger partial charge in [-0.25, -0.2) is 19.3 Å². The number of H-pyrrole nitrogens is 1. The third kappa shape index (κ3) is 3.85. The molecule has 1 saturated carbocycles. The van der Waals surface area contributed by atoms with Gasteiger partial charge in [0.05, 0.1) is 21.7 Å². The first-order valence-electron chi connectivity index (χ1n) is 9.96. The molecule has 1 aliphatic rings. The average molecular weight is 424 g/mol. The predicted molar refractivity (Wildman–Crippen MR) is 113 cm³/mol. The SMILES string of the molecule is Fc1cc2[nH]c(-c3ccc(-c4cnc(OC5CCCCC5)nc4)nc3)nc2cc1Cl. The smallest absolute Gasteiger partial charge is 0.316 e. The molecule has 0 bridgehead atoms. The summed E-state index contributed by atoms with van der Waals surface area (Å²) < 4.78 is 19.5. The molecule has 4 aromatic rings. The minimum atomic E-state index is -0.483. The van der Waals surface area contributed by atoms with Crippen LogP contribution in [0.2, 0.25) is 5.02 Å². The van der Waals surface area contributed by atoms with Gasteiger partial charge in [-0.1, -0.05) is 18.0 Å². The summed E-state index contributed by atoms with van der Waals surface area (Å²) in [6, 6.07) is 7.02. The molecule has 3 aromatic heterocycles. The highest BCUT2D eigenvalue weighted by Crippen LogP contribution is 2.26. The average Bonchev–Trinajstić information content (AvgIpc) is 3.18. The maximum atomic E-state index is 13.6. The molecule has 0 atom stereocenters. The summed E-state index contributed by atoms with van der Waals surface area (Å²) in [5.74, 6) is 0.113. The number of pyridine rings is 1. The van der Waals surface area contributed by atoms with Gasteiger partial charge in [0.2, 0.25) is 0 Å². The van der Waals surface area contributed by atoms with E-state index in [1.54, 1.807) is 18.6 Å². The number of aromatic nitrogens is 5. The normalized spacial score (nSPS) is 14.9. The molecule has 0 spiro atoms. The lowest BCUT2D eigenvalue weighted by Crippen LogP contribution is -2.20. The number of hydrogen-bond donors (Lipinski definition) is 1. The van der Waals surface area contributed by atoms with E-state index in [4.69, 9.17) is 16.3 Å². The summed E-state index contributed by atoms with van der Waals surface area (Å²) >= 11 is 5.84. The lowest BCUT2D eigenvalue weighted by molar-refractivity contribution is 0.142. The lowest BCUT2D eigenvalue weighted by atomic mass is 9.98. The number of nitrogens with zero attached hydrogens (tertiary/aromatic N) is 4. The molecule has 1 N–H and O–H groups in total. The van der Waals surface area contributed by atoms with Crippen molar-refractivity contribution in [3.8, 4) is 28.7 Å². The second kappa shape index (κ2) is 7.99. The highest BCUT2D eigenvalue weighted by molar-refractivity contribution is 6.31. The highest BCUT2D eigenvalue weighted by atomic mass is 35.5. The molecule has 152 valence electrons. The number of nitrogens with one attached hydrogen (secondary N) is 1. The zero-order chi connectivity index (χ0) is 20.5. The Hall–Kier alpha value is -3.06. The minimum Gasteiger partial charge on any atom is -0.460 e. The second-order valence-electron chi connectivity index (χ2n) is 7.43. The Balaban J connectivity index is 1.33. The Kier molecular flexibility index (Phi) is 5.04. The molecule has 1 aromatic carbocycles. The molecule has 6 nitrogen and oxygen atoms in total. The maximum Gasteiger partial charge on any atom is 0.316 e. The van der Waals surface area contributed by atoms with E-state index in [0.29, 0.717) is 22.9 Å². The lowest BCUT2D eigenvalue weighted by Gasteiger charge is -2.21. The highest BCUT2D eigenvalue weighted by Gasteiger charge is 2.16. The van der Waals surface area contributed by atoms with Crippen molar-refractivity contribution in [1.29, 1.82) is 0 Å².